The first-order valence-electron chi connectivity index (χ1n) is 3.74. The molecule has 0 unspecified atom stereocenters. The second kappa shape index (κ2) is 3.96. The molecule has 0 aliphatic carbocycles. The fraction of sp³-hybridized carbons (Fsp3) is 0.222. The largest absolute Gasteiger partial charge is 0.294 e. The van der Waals surface area contributed by atoms with Gasteiger partial charge in [0.15, 0.2) is 11.6 Å². The van der Waals surface area contributed by atoms with Gasteiger partial charge in [0.1, 0.15) is 5.82 Å². The van der Waals surface area contributed by atoms with Crippen LogP contribution in [0.1, 0.15) is 23.7 Å². The lowest BCUT2D eigenvalue weighted by Crippen LogP contribution is -2.02. The van der Waals surface area contributed by atoms with Crippen LogP contribution in [0.3, 0.4) is 0 Å². The van der Waals surface area contributed by atoms with E-state index in [1.54, 1.807) is 6.92 Å². The van der Waals surface area contributed by atoms with Crippen LogP contribution < -0.4 is 0 Å². The second-order valence-electron chi connectivity index (χ2n) is 2.50. The zero-order valence-corrected chi connectivity index (χ0v) is 8.49. The third-order valence-electron chi connectivity index (χ3n) is 1.66. The van der Waals surface area contributed by atoms with Gasteiger partial charge in [-0.15, -0.1) is 0 Å². The van der Waals surface area contributed by atoms with Gasteiger partial charge in [-0.2, -0.15) is 0 Å². The molecule has 1 nitrogen and oxygen atoms in total. The molecule has 0 heterocycles. The van der Waals surface area contributed by atoms with Gasteiger partial charge in [-0.1, -0.05) is 6.92 Å². The summed E-state index contributed by atoms with van der Waals surface area (Å²) in [5, 5.41) is 0. The molecular formula is C9H7BrF2O. The summed E-state index contributed by atoms with van der Waals surface area (Å²) in [6, 6.07) is 2.22. The van der Waals surface area contributed by atoms with Crippen LogP contribution >= 0.6 is 15.9 Å². The van der Waals surface area contributed by atoms with Crippen LogP contribution in [0.15, 0.2) is 16.6 Å². The predicted molar refractivity (Wildman–Crippen MR) is 48.7 cm³/mol. The Bertz CT molecular complexity index is 350. The molecule has 0 spiro atoms. The normalized spacial score (nSPS) is 10.2. The standard InChI is InChI=1S/C9H7BrF2O/c1-2-7(13)5-3-4-6(11)8(10)9(5)12/h3-4H,2H2,1H3. The number of hydrogen-bond donors (Lipinski definition) is 0. The summed E-state index contributed by atoms with van der Waals surface area (Å²) in [4.78, 5) is 11.1. The number of benzene rings is 1. The summed E-state index contributed by atoms with van der Waals surface area (Å²) in [6.45, 7) is 1.62. The third kappa shape index (κ3) is 1.94. The Morgan fingerprint density at radius 2 is 2.08 bits per heavy atom. The summed E-state index contributed by atoms with van der Waals surface area (Å²) >= 11 is 2.73. The predicted octanol–water partition coefficient (Wildman–Crippen LogP) is 3.32. The molecule has 0 saturated heterocycles. The zero-order valence-electron chi connectivity index (χ0n) is 6.90. The van der Waals surface area contributed by atoms with E-state index in [1.165, 1.54) is 0 Å². The highest BCUT2D eigenvalue weighted by atomic mass is 79.9. The van der Waals surface area contributed by atoms with Crippen molar-refractivity contribution >= 4 is 21.7 Å². The quantitative estimate of drug-likeness (QED) is 0.580. The number of Topliss-reactive ketones (excluding diaryl/α,β-unsaturated/α-hetero) is 1. The van der Waals surface area contributed by atoms with Crippen molar-refractivity contribution in [2.45, 2.75) is 13.3 Å². The minimum atomic E-state index is -0.827. The minimum Gasteiger partial charge on any atom is -0.294 e. The highest BCUT2D eigenvalue weighted by Gasteiger charge is 2.15. The Labute approximate surface area is 82.9 Å². The maximum Gasteiger partial charge on any atom is 0.165 e. The summed E-state index contributed by atoms with van der Waals surface area (Å²) < 4.78 is 25.6. The lowest BCUT2D eigenvalue weighted by Gasteiger charge is -2.02. The molecule has 0 aromatic heterocycles. The van der Waals surface area contributed by atoms with Crippen molar-refractivity contribution in [3.8, 4) is 0 Å². The molecule has 13 heavy (non-hydrogen) atoms. The molecule has 0 amide bonds. The van der Waals surface area contributed by atoms with E-state index in [9.17, 15) is 13.6 Å². The van der Waals surface area contributed by atoms with E-state index in [-0.39, 0.29) is 22.2 Å². The molecule has 0 radical (unpaired) electrons. The van der Waals surface area contributed by atoms with Gasteiger partial charge in [0.25, 0.3) is 0 Å². The number of carbonyl (C=O) groups is 1. The number of rotatable bonds is 2. The average Bonchev–Trinajstić information content (AvgIpc) is 2.13. The Kier molecular flexibility index (Phi) is 3.14. The van der Waals surface area contributed by atoms with Gasteiger partial charge in [-0.25, -0.2) is 8.78 Å². The summed E-state index contributed by atoms with van der Waals surface area (Å²) in [6.07, 6.45) is 0.203. The highest BCUT2D eigenvalue weighted by molar-refractivity contribution is 9.10. The van der Waals surface area contributed by atoms with Crippen molar-refractivity contribution in [1.82, 2.24) is 0 Å². The Morgan fingerprint density at radius 3 is 2.62 bits per heavy atom. The number of carbonyl (C=O) groups excluding carboxylic acids is 1. The van der Waals surface area contributed by atoms with Crippen molar-refractivity contribution in [2.24, 2.45) is 0 Å². The zero-order chi connectivity index (χ0) is 10.0. The smallest absolute Gasteiger partial charge is 0.165 e. The lowest BCUT2D eigenvalue weighted by molar-refractivity contribution is 0.0984. The van der Waals surface area contributed by atoms with Crippen LogP contribution in [0, 0.1) is 11.6 Å². The van der Waals surface area contributed by atoms with Crippen molar-refractivity contribution in [2.75, 3.05) is 0 Å². The topological polar surface area (TPSA) is 17.1 Å². The van der Waals surface area contributed by atoms with Crippen molar-refractivity contribution in [3.63, 3.8) is 0 Å². The van der Waals surface area contributed by atoms with Crippen molar-refractivity contribution in [3.05, 3.63) is 33.8 Å². The Hall–Kier alpha value is -0.770. The summed E-state index contributed by atoms with van der Waals surface area (Å²) in [5.74, 6) is -1.87. The molecule has 4 heteroatoms. The molecule has 0 aliphatic rings. The van der Waals surface area contributed by atoms with E-state index in [2.05, 4.69) is 15.9 Å². The van der Waals surface area contributed by atoms with Gasteiger partial charge in [0.2, 0.25) is 0 Å². The summed E-state index contributed by atoms with van der Waals surface area (Å²) in [7, 11) is 0. The molecule has 0 atom stereocenters. The van der Waals surface area contributed by atoms with Crippen LogP contribution in [0.2, 0.25) is 0 Å². The van der Waals surface area contributed by atoms with E-state index in [0.29, 0.717) is 0 Å². The monoisotopic (exact) mass is 248 g/mol. The van der Waals surface area contributed by atoms with Gasteiger partial charge in [0, 0.05) is 6.42 Å². The third-order valence-corrected chi connectivity index (χ3v) is 2.38. The molecule has 0 bridgehead atoms. The van der Waals surface area contributed by atoms with Gasteiger partial charge in [-0.3, -0.25) is 4.79 Å². The molecule has 0 N–H and O–H groups in total. The number of halogens is 3. The van der Waals surface area contributed by atoms with Crippen LogP contribution in [-0.4, -0.2) is 5.78 Å². The van der Waals surface area contributed by atoms with Crippen LogP contribution in [0.4, 0.5) is 8.78 Å². The van der Waals surface area contributed by atoms with E-state index in [1.807, 2.05) is 0 Å². The molecule has 0 aliphatic heterocycles. The fourth-order valence-corrected chi connectivity index (χ4v) is 1.28. The first-order chi connectivity index (χ1) is 6.07. The Morgan fingerprint density at radius 1 is 1.46 bits per heavy atom. The van der Waals surface area contributed by atoms with Crippen LogP contribution in [0.5, 0.6) is 0 Å². The first-order valence-corrected chi connectivity index (χ1v) is 4.54. The molecule has 1 rings (SSSR count). The van der Waals surface area contributed by atoms with Gasteiger partial charge < -0.3 is 0 Å². The highest BCUT2D eigenvalue weighted by Crippen LogP contribution is 2.23. The maximum absolute atomic E-state index is 13.2. The first kappa shape index (κ1) is 10.3. The van der Waals surface area contributed by atoms with Gasteiger partial charge in [-0.05, 0) is 28.1 Å². The Balaban J connectivity index is 3.26. The van der Waals surface area contributed by atoms with E-state index < -0.39 is 11.6 Å². The van der Waals surface area contributed by atoms with E-state index in [0.717, 1.165) is 12.1 Å². The number of ketones is 1. The molecule has 0 saturated carbocycles. The lowest BCUT2D eigenvalue weighted by atomic mass is 10.1. The SMILES string of the molecule is CCC(=O)c1ccc(F)c(Br)c1F. The number of hydrogen-bond acceptors (Lipinski definition) is 1. The maximum atomic E-state index is 13.2. The van der Waals surface area contributed by atoms with Crippen LogP contribution in [0.25, 0.3) is 0 Å². The molecule has 70 valence electrons. The average molecular weight is 249 g/mol. The van der Waals surface area contributed by atoms with Gasteiger partial charge >= 0.3 is 0 Å². The summed E-state index contributed by atoms with van der Waals surface area (Å²) in [5.41, 5.74) is -0.0734. The molecule has 0 fully saturated rings. The molecule has 1 aromatic carbocycles. The minimum absolute atomic E-state index is 0.0734. The molecule has 1 aromatic rings. The van der Waals surface area contributed by atoms with Crippen LogP contribution in [-0.2, 0) is 0 Å². The van der Waals surface area contributed by atoms with Gasteiger partial charge in [0.05, 0.1) is 10.0 Å². The van der Waals surface area contributed by atoms with Crippen molar-refractivity contribution < 1.29 is 13.6 Å². The van der Waals surface area contributed by atoms with E-state index >= 15 is 0 Å². The molecular weight excluding hydrogens is 242 g/mol. The second-order valence-corrected chi connectivity index (χ2v) is 3.29. The van der Waals surface area contributed by atoms with E-state index in [4.69, 9.17) is 0 Å². The van der Waals surface area contributed by atoms with Crippen molar-refractivity contribution in [1.29, 1.82) is 0 Å². The fourth-order valence-electron chi connectivity index (χ4n) is 0.932.